The molecule has 0 bridgehead atoms. The minimum atomic E-state index is -0.536. The van der Waals surface area contributed by atoms with E-state index in [-0.39, 0.29) is 22.6 Å². The maximum atomic E-state index is 11.0. The highest BCUT2D eigenvalue weighted by Gasteiger charge is 2.21. The van der Waals surface area contributed by atoms with Gasteiger partial charge in [0.25, 0.3) is 0 Å². The van der Waals surface area contributed by atoms with Crippen LogP contribution in [0.25, 0.3) is 0 Å². The van der Waals surface area contributed by atoms with Crippen molar-refractivity contribution in [2.45, 2.75) is 13.0 Å². The number of benzene rings is 1. The minimum absolute atomic E-state index is 0.0653. The topological polar surface area (TPSA) is 68.1 Å². The minimum Gasteiger partial charge on any atom is -0.358 e. The van der Waals surface area contributed by atoms with Gasteiger partial charge in [-0.1, -0.05) is 39.7 Å². The highest BCUT2D eigenvalue weighted by atomic mass is 79.9. The second-order valence-electron chi connectivity index (χ2n) is 4.16. The fraction of sp³-hybridized carbons (Fsp3) is 0.154. The van der Waals surface area contributed by atoms with Gasteiger partial charge in [0.1, 0.15) is 5.02 Å². The Morgan fingerprint density at radius 3 is 2.60 bits per heavy atom. The van der Waals surface area contributed by atoms with Crippen molar-refractivity contribution < 1.29 is 4.92 Å². The second-order valence-corrected chi connectivity index (χ2v) is 5.49. The van der Waals surface area contributed by atoms with Gasteiger partial charge in [-0.05, 0) is 30.7 Å². The summed E-state index contributed by atoms with van der Waals surface area (Å²) in [6.07, 6.45) is 1.44. The molecule has 7 heteroatoms. The van der Waals surface area contributed by atoms with E-state index in [9.17, 15) is 10.1 Å². The van der Waals surface area contributed by atoms with Gasteiger partial charge >= 0.3 is 5.69 Å². The molecule has 1 aromatic heterocycles. The average Bonchev–Trinajstić information content (AvgIpc) is 2.39. The number of nitro groups is 1. The van der Waals surface area contributed by atoms with Crippen LogP contribution in [0, 0.1) is 10.1 Å². The van der Waals surface area contributed by atoms with E-state index < -0.39 is 4.92 Å². The summed E-state index contributed by atoms with van der Waals surface area (Å²) in [7, 11) is 0. The van der Waals surface area contributed by atoms with Gasteiger partial charge < -0.3 is 5.32 Å². The largest absolute Gasteiger partial charge is 0.358 e. The van der Waals surface area contributed by atoms with E-state index in [0.29, 0.717) is 0 Å². The predicted molar refractivity (Wildman–Crippen MR) is 82.1 cm³/mol. The van der Waals surface area contributed by atoms with Crippen molar-refractivity contribution in [3.8, 4) is 0 Å². The first-order chi connectivity index (χ1) is 9.49. The summed E-state index contributed by atoms with van der Waals surface area (Å²) < 4.78 is 0.973. The van der Waals surface area contributed by atoms with E-state index in [1.54, 1.807) is 0 Å². The highest BCUT2D eigenvalue weighted by Crippen LogP contribution is 2.32. The molecule has 0 saturated heterocycles. The fourth-order valence-electron chi connectivity index (χ4n) is 1.75. The summed E-state index contributed by atoms with van der Waals surface area (Å²) in [5.74, 6) is 0.165. The molecule has 0 radical (unpaired) electrons. The van der Waals surface area contributed by atoms with Gasteiger partial charge in [-0.3, -0.25) is 10.1 Å². The number of nitrogens with zero attached hydrogens (tertiary/aromatic N) is 2. The van der Waals surface area contributed by atoms with Crippen molar-refractivity contribution in [2.75, 3.05) is 5.32 Å². The van der Waals surface area contributed by atoms with Crippen molar-refractivity contribution in [1.82, 2.24) is 4.98 Å². The number of anilines is 1. The molecule has 0 aliphatic heterocycles. The lowest BCUT2D eigenvalue weighted by atomic mass is 10.1. The second kappa shape index (κ2) is 6.19. The Kier molecular flexibility index (Phi) is 4.57. The molecule has 2 aromatic rings. The molecule has 0 amide bonds. The summed E-state index contributed by atoms with van der Waals surface area (Å²) in [5.41, 5.74) is 0.780. The van der Waals surface area contributed by atoms with Crippen LogP contribution in [0.4, 0.5) is 11.5 Å². The number of aromatic nitrogens is 1. The zero-order valence-corrected chi connectivity index (χ0v) is 12.9. The maximum absolute atomic E-state index is 11.0. The van der Waals surface area contributed by atoms with E-state index in [1.165, 1.54) is 12.3 Å². The lowest BCUT2D eigenvalue weighted by Crippen LogP contribution is -2.10. The number of pyridine rings is 1. The Balaban J connectivity index is 2.28. The lowest BCUT2D eigenvalue weighted by Gasteiger charge is -2.15. The van der Waals surface area contributed by atoms with Crippen LogP contribution in [0.5, 0.6) is 0 Å². The quantitative estimate of drug-likeness (QED) is 0.643. The summed E-state index contributed by atoms with van der Waals surface area (Å²) in [6, 6.07) is 8.94. The number of rotatable bonds is 4. The first kappa shape index (κ1) is 14.7. The number of halogens is 2. The standard InChI is InChI=1S/C13H11BrClN3O2/c1-8(9-2-4-10(14)5-3-9)17-13-12(18(19)20)11(15)6-7-16-13/h2-8H,1H3,(H,16,17). The third-order valence-electron chi connectivity index (χ3n) is 2.78. The zero-order valence-electron chi connectivity index (χ0n) is 10.5. The monoisotopic (exact) mass is 355 g/mol. The van der Waals surface area contributed by atoms with Crippen LogP contribution >= 0.6 is 27.5 Å². The van der Waals surface area contributed by atoms with Crippen molar-refractivity contribution in [2.24, 2.45) is 0 Å². The van der Waals surface area contributed by atoms with Crippen LogP contribution < -0.4 is 5.32 Å². The Bertz CT molecular complexity index is 634. The third-order valence-corrected chi connectivity index (χ3v) is 3.61. The molecule has 0 fully saturated rings. The van der Waals surface area contributed by atoms with E-state index in [2.05, 4.69) is 26.2 Å². The Morgan fingerprint density at radius 2 is 2.00 bits per heavy atom. The van der Waals surface area contributed by atoms with Crippen molar-refractivity contribution >= 4 is 39.0 Å². The van der Waals surface area contributed by atoms with Crippen LogP contribution in [0.2, 0.25) is 5.02 Å². The molecule has 1 aromatic carbocycles. The molecule has 0 aliphatic carbocycles. The first-order valence-corrected chi connectivity index (χ1v) is 6.97. The molecule has 1 heterocycles. The molecular weight excluding hydrogens is 346 g/mol. The molecule has 20 heavy (non-hydrogen) atoms. The SMILES string of the molecule is CC(Nc1nccc(Cl)c1[N+](=O)[O-])c1ccc(Br)cc1. The van der Waals surface area contributed by atoms with Crippen LogP contribution in [0.3, 0.4) is 0 Å². The van der Waals surface area contributed by atoms with Crippen molar-refractivity contribution in [1.29, 1.82) is 0 Å². The summed E-state index contributed by atoms with van der Waals surface area (Å²) >= 11 is 9.21. The molecule has 0 saturated carbocycles. The molecule has 1 N–H and O–H groups in total. The van der Waals surface area contributed by atoms with Gasteiger partial charge in [0.2, 0.25) is 5.82 Å². The molecule has 2 rings (SSSR count). The summed E-state index contributed by atoms with van der Waals surface area (Å²) in [5, 5.41) is 14.1. The van der Waals surface area contributed by atoms with Gasteiger partial charge in [0.15, 0.2) is 0 Å². The average molecular weight is 357 g/mol. The van der Waals surface area contributed by atoms with E-state index in [0.717, 1.165) is 10.0 Å². The highest BCUT2D eigenvalue weighted by molar-refractivity contribution is 9.10. The molecular formula is C13H11BrClN3O2. The summed E-state index contributed by atoms with van der Waals surface area (Å²) in [6.45, 7) is 1.90. The third kappa shape index (κ3) is 3.26. The van der Waals surface area contributed by atoms with E-state index in [4.69, 9.17) is 11.6 Å². The Labute approximate surface area is 129 Å². The number of hydrogen-bond donors (Lipinski definition) is 1. The van der Waals surface area contributed by atoms with Gasteiger partial charge in [-0.15, -0.1) is 0 Å². The zero-order chi connectivity index (χ0) is 14.7. The van der Waals surface area contributed by atoms with Crippen molar-refractivity contribution in [3.63, 3.8) is 0 Å². The molecule has 0 spiro atoms. The van der Waals surface area contributed by atoms with Crippen LogP contribution in [0.1, 0.15) is 18.5 Å². The molecule has 1 atom stereocenters. The smallest absolute Gasteiger partial charge is 0.329 e. The van der Waals surface area contributed by atoms with Crippen LogP contribution in [0.15, 0.2) is 41.0 Å². The van der Waals surface area contributed by atoms with Gasteiger partial charge in [0, 0.05) is 10.7 Å². The Morgan fingerprint density at radius 1 is 1.35 bits per heavy atom. The van der Waals surface area contributed by atoms with Gasteiger partial charge in [0.05, 0.1) is 11.0 Å². The summed E-state index contributed by atoms with van der Waals surface area (Å²) in [4.78, 5) is 14.5. The number of nitrogens with one attached hydrogen (secondary N) is 1. The predicted octanol–water partition coefficient (Wildman–Crippen LogP) is 4.58. The Hall–Kier alpha value is -1.66. The molecule has 5 nitrogen and oxygen atoms in total. The van der Waals surface area contributed by atoms with E-state index >= 15 is 0 Å². The molecule has 0 aliphatic rings. The van der Waals surface area contributed by atoms with Gasteiger partial charge in [-0.25, -0.2) is 4.98 Å². The van der Waals surface area contributed by atoms with Crippen LogP contribution in [-0.2, 0) is 0 Å². The normalized spacial score (nSPS) is 11.9. The molecule has 104 valence electrons. The fourth-order valence-corrected chi connectivity index (χ4v) is 2.23. The van der Waals surface area contributed by atoms with Gasteiger partial charge in [-0.2, -0.15) is 0 Å². The lowest BCUT2D eigenvalue weighted by molar-refractivity contribution is -0.384. The number of hydrogen-bond acceptors (Lipinski definition) is 4. The first-order valence-electron chi connectivity index (χ1n) is 5.80. The maximum Gasteiger partial charge on any atom is 0.329 e. The van der Waals surface area contributed by atoms with E-state index in [1.807, 2.05) is 31.2 Å². The van der Waals surface area contributed by atoms with Crippen molar-refractivity contribution in [3.05, 3.63) is 61.7 Å². The van der Waals surface area contributed by atoms with Crippen LogP contribution in [-0.4, -0.2) is 9.91 Å². The molecule has 1 unspecified atom stereocenters.